The molecule has 0 bridgehead atoms. The van der Waals surface area contributed by atoms with Gasteiger partial charge in [0.2, 0.25) is 0 Å². The van der Waals surface area contributed by atoms with Crippen LogP contribution in [-0.4, -0.2) is 37.6 Å². The van der Waals surface area contributed by atoms with Crippen LogP contribution in [0.1, 0.15) is 18.1 Å². The van der Waals surface area contributed by atoms with Crippen molar-refractivity contribution in [3.8, 4) is 5.75 Å². The molecule has 1 atom stereocenters. The Labute approximate surface area is 172 Å². The molecular weight excluding hydrogens is 363 g/mol. The average Bonchev–Trinajstić information content (AvgIpc) is 2.79. The maximum Gasteiger partial charge on any atom is 0.125 e. The van der Waals surface area contributed by atoms with E-state index in [0.717, 1.165) is 44.7 Å². The Kier molecular flexibility index (Phi) is 6.42. The minimum atomic E-state index is -0.245. The molecule has 1 saturated heterocycles. The summed E-state index contributed by atoms with van der Waals surface area (Å²) < 4.78 is 19.5. The van der Waals surface area contributed by atoms with Gasteiger partial charge in [-0.15, -0.1) is 0 Å². The molecule has 0 radical (unpaired) electrons. The van der Waals surface area contributed by atoms with Crippen LogP contribution in [-0.2, 0) is 0 Å². The first-order valence-corrected chi connectivity index (χ1v) is 10.3. The van der Waals surface area contributed by atoms with E-state index in [2.05, 4.69) is 52.3 Å². The van der Waals surface area contributed by atoms with E-state index in [-0.39, 0.29) is 11.9 Å². The van der Waals surface area contributed by atoms with E-state index >= 15 is 0 Å². The van der Waals surface area contributed by atoms with Crippen molar-refractivity contribution in [2.75, 3.05) is 37.6 Å². The van der Waals surface area contributed by atoms with Crippen LogP contribution in [0.4, 0.5) is 10.1 Å². The third-order valence-electron chi connectivity index (χ3n) is 5.46. The largest absolute Gasteiger partial charge is 0.486 e. The van der Waals surface area contributed by atoms with E-state index in [1.54, 1.807) is 12.1 Å². The Hall–Kier alpha value is -2.85. The Bertz CT molecular complexity index is 862. The van der Waals surface area contributed by atoms with E-state index in [0.29, 0.717) is 5.75 Å². The summed E-state index contributed by atoms with van der Waals surface area (Å²) >= 11 is 0. The van der Waals surface area contributed by atoms with Crippen LogP contribution < -0.4 is 9.64 Å². The van der Waals surface area contributed by atoms with Gasteiger partial charge in [0.05, 0.1) is 0 Å². The highest BCUT2D eigenvalue weighted by Gasteiger charge is 2.20. The number of hydrogen-bond acceptors (Lipinski definition) is 3. The number of piperazine rings is 1. The Balaban J connectivity index is 1.35. The molecule has 150 valence electrons. The van der Waals surface area contributed by atoms with Gasteiger partial charge in [-0.2, -0.15) is 0 Å². The minimum Gasteiger partial charge on any atom is -0.486 e. The molecule has 0 aliphatic carbocycles. The molecule has 4 rings (SSSR count). The predicted molar refractivity (Wildman–Crippen MR) is 116 cm³/mol. The van der Waals surface area contributed by atoms with Crippen molar-refractivity contribution in [2.24, 2.45) is 0 Å². The highest BCUT2D eigenvalue weighted by Crippen LogP contribution is 2.26. The molecule has 4 heteroatoms. The zero-order chi connectivity index (χ0) is 19.9. The van der Waals surface area contributed by atoms with Crippen LogP contribution in [0.2, 0.25) is 0 Å². The molecule has 1 unspecified atom stereocenters. The third kappa shape index (κ3) is 5.36. The average molecular weight is 391 g/mol. The van der Waals surface area contributed by atoms with Gasteiger partial charge in [0.1, 0.15) is 17.7 Å². The lowest BCUT2D eigenvalue weighted by Crippen LogP contribution is -2.46. The Morgan fingerprint density at radius 2 is 1.38 bits per heavy atom. The zero-order valence-electron chi connectivity index (χ0n) is 16.6. The van der Waals surface area contributed by atoms with E-state index in [1.807, 2.05) is 18.2 Å². The third-order valence-corrected chi connectivity index (χ3v) is 5.46. The monoisotopic (exact) mass is 390 g/mol. The minimum absolute atomic E-state index is 0.0474. The number of para-hydroxylation sites is 1. The van der Waals surface area contributed by atoms with Crippen molar-refractivity contribution in [3.05, 3.63) is 96.3 Å². The first-order valence-electron chi connectivity index (χ1n) is 10.3. The van der Waals surface area contributed by atoms with Gasteiger partial charge in [-0.3, -0.25) is 4.90 Å². The van der Waals surface area contributed by atoms with Gasteiger partial charge < -0.3 is 9.64 Å². The molecule has 1 fully saturated rings. The van der Waals surface area contributed by atoms with Crippen molar-refractivity contribution in [2.45, 2.75) is 12.5 Å². The highest BCUT2D eigenvalue weighted by molar-refractivity contribution is 5.46. The zero-order valence-corrected chi connectivity index (χ0v) is 16.6. The van der Waals surface area contributed by atoms with Gasteiger partial charge in [0.15, 0.2) is 0 Å². The number of ether oxygens (including phenoxy) is 1. The van der Waals surface area contributed by atoms with Crippen LogP contribution in [0, 0.1) is 5.82 Å². The summed E-state index contributed by atoms with van der Waals surface area (Å²) in [5.74, 6) is 0.457. The summed E-state index contributed by atoms with van der Waals surface area (Å²) in [6.07, 6.45) is 0.848. The number of hydrogen-bond donors (Lipinski definition) is 0. The summed E-state index contributed by atoms with van der Waals surface area (Å²) in [7, 11) is 0. The lowest BCUT2D eigenvalue weighted by molar-refractivity contribution is 0.160. The SMILES string of the molecule is Fc1ccc(OC(CCN2CCN(c3ccccc3)CC2)c2ccccc2)cc1. The molecule has 0 aromatic heterocycles. The molecule has 0 N–H and O–H groups in total. The summed E-state index contributed by atoms with van der Waals surface area (Å²) in [4.78, 5) is 4.95. The van der Waals surface area contributed by atoms with Gasteiger partial charge in [-0.1, -0.05) is 48.5 Å². The Morgan fingerprint density at radius 1 is 0.759 bits per heavy atom. The quantitative estimate of drug-likeness (QED) is 0.554. The second kappa shape index (κ2) is 9.57. The molecule has 1 aliphatic heterocycles. The number of benzene rings is 3. The molecule has 3 nitrogen and oxygen atoms in total. The van der Waals surface area contributed by atoms with Gasteiger partial charge in [-0.25, -0.2) is 4.39 Å². The summed E-state index contributed by atoms with van der Waals surface area (Å²) in [5.41, 5.74) is 2.45. The van der Waals surface area contributed by atoms with E-state index in [4.69, 9.17) is 4.74 Å². The second-order valence-corrected chi connectivity index (χ2v) is 7.42. The lowest BCUT2D eigenvalue weighted by atomic mass is 10.1. The standard InChI is InChI=1S/C25H27FN2O/c26-22-11-13-24(14-12-22)29-25(21-7-3-1-4-8-21)15-16-27-17-19-28(20-18-27)23-9-5-2-6-10-23/h1-14,25H,15-20H2. The van der Waals surface area contributed by atoms with E-state index in [1.165, 1.54) is 17.8 Å². The smallest absolute Gasteiger partial charge is 0.125 e. The normalized spacial score (nSPS) is 15.8. The van der Waals surface area contributed by atoms with Crippen LogP contribution in [0.3, 0.4) is 0 Å². The molecular formula is C25H27FN2O. The summed E-state index contributed by atoms with van der Waals surface area (Å²) in [5, 5.41) is 0. The molecule has 0 saturated carbocycles. The van der Waals surface area contributed by atoms with E-state index in [9.17, 15) is 4.39 Å². The molecule has 0 amide bonds. The molecule has 3 aromatic carbocycles. The van der Waals surface area contributed by atoms with Crippen LogP contribution in [0.25, 0.3) is 0 Å². The topological polar surface area (TPSA) is 15.7 Å². The van der Waals surface area contributed by atoms with Gasteiger partial charge >= 0.3 is 0 Å². The fourth-order valence-corrected chi connectivity index (χ4v) is 3.81. The van der Waals surface area contributed by atoms with Crippen molar-refractivity contribution < 1.29 is 9.13 Å². The molecule has 1 heterocycles. The van der Waals surface area contributed by atoms with Gasteiger partial charge in [0.25, 0.3) is 0 Å². The molecule has 1 aliphatic rings. The van der Waals surface area contributed by atoms with Crippen molar-refractivity contribution in [1.82, 2.24) is 4.90 Å². The van der Waals surface area contributed by atoms with Crippen molar-refractivity contribution >= 4 is 5.69 Å². The number of rotatable bonds is 7. The highest BCUT2D eigenvalue weighted by atomic mass is 19.1. The first-order chi connectivity index (χ1) is 14.3. The van der Waals surface area contributed by atoms with Gasteiger partial charge in [-0.05, 0) is 42.0 Å². The van der Waals surface area contributed by atoms with Gasteiger partial charge in [0, 0.05) is 44.8 Å². The fraction of sp³-hybridized carbons (Fsp3) is 0.280. The van der Waals surface area contributed by atoms with Crippen LogP contribution >= 0.6 is 0 Å². The number of nitrogens with zero attached hydrogens (tertiary/aromatic N) is 2. The number of halogens is 1. The Morgan fingerprint density at radius 3 is 2.03 bits per heavy atom. The maximum absolute atomic E-state index is 13.2. The lowest BCUT2D eigenvalue weighted by Gasteiger charge is -2.36. The van der Waals surface area contributed by atoms with Crippen molar-refractivity contribution in [1.29, 1.82) is 0 Å². The molecule has 0 spiro atoms. The van der Waals surface area contributed by atoms with Crippen LogP contribution in [0.5, 0.6) is 5.75 Å². The number of anilines is 1. The first kappa shape index (κ1) is 19.5. The summed E-state index contributed by atoms with van der Waals surface area (Å²) in [6.45, 7) is 5.15. The maximum atomic E-state index is 13.2. The predicted octanol–water partition coefficient (Wildman–Crippen LogP) is 5.16. The van der Waals surface area contributed by atoms with E-state index < -0.39 is 0 Å². The van der Waals surface area contributed by atoms with Crippen LogP contribution in [0.15, 0.2) is 84.9 Å². The molecule has 29 heavy (non-hydrogen) atoms. The van der Waals surface area contributed by atoms with Crippen molar-refractivity contribution in [3.63, 3.8) is 0 Å². The summed E-state index contributed by atoms with van der Waals surface area (Å²) in [6, 6.07) is 27.2. The second-order valence-electron chi connectivity index (χ2n) is 7.42. The molecule has 3 aromatic rings. The fourth-order valence-electron chi connectivity index (χ4n) is 3.81.